The maximum absolute atomic E-state index is 13.8. The summed E-state index contributed by atoms with van der Waals surface area (Å²) in [5.74, 6) is 3.61. The lowest BCUT2D eigenvalue weighted by atomic mass is 9.77. The number of hydrogen-bond acceptors (Lipinski definition) is 10. The summed E-state index contributed by atoms with van der Waals surface area (Å²) in [6, 6.07) is -1.65. The van der Waals surface area contributed by atoms with Gasteiger partial charge in [-0.1, -0.05) is 29.9 Å². The van der Waals surface area contributed by atoms with E-state index in [0.717, 1.165) is 98.8 Å². The number of thioether (sulfide) groups is 2. The standard InChI is InChI=1S/C44H60N8O6S2/c1-57-43(55)49-33(17-21-59-3)41(53)51-19-5-7-37(51)39-45-25-35(47-39)31-23-27-9-13-29(31)15-11-28-10-14-30(16-12-27)32(24-28)36-26-46-40(48-36)38-8-6-20-52(38)42(54)34(18-22-60-4)50-44(56)58-2/h9-10,13,24-27,30,33-34,37-38H,5-8,11-12,14-23H2,1-4H3,(H,45,47)(H,46,48)(H,49,55)(H,50,56)/t27-,30+,33-,34-,37-,38-/m0/s1. The molecule has 0 saturated carbocycles. The molecule has 2 aliphatic heterocycles. The van der Waals surface area contributed by atoms with Gasteiger partial charge >= 0.3 is 12.2 Å². The first kappa shape index (κ1) is 43.6. The molecule has 0 unspecified atom stereocenters. The van der Waals surface area contributed by atoms with Crippen LogP contribution in [0, 0.1) is 11.8 Å². The number of nitrogens with one attached hydrogen (secondary N) is 4. The second-order valence-electron chi connectivity index (χ2n) is 16.4. The van der Waals surface area contributed by atoms with E-state index < -0.39 is 24.3 Å². The molecule has 2 saturated heterocycles. The fraction of sp³-hybridized carbons (Fsp3) is 0.591. The third-order valence-electron chi connectivity index (χ3n) is 12.7. The molecule has 4 N–H and O–H groups in total. The maximum atomic E-state index is 13.8. The molecular formula is C44H60N8O6S2. The number of aromatic nitrogens is 4. The first-order valence-corrected chi connectivity index (χ1v) is 24.2. The van der Waals surface area contributed by atoms with Crippen LogP contribution in [0.4, 0.5) is 9.59 Å². The van der Waals surface area contributed by atoms with Crippen molar-refractivity contribution < 1.29 is 28.7 Å². The van der Waals surface area contributed by atoms with Gasteiger partial charge in [-0.05, 0) is 130 Å². The lowest BCUT2D eigenvalue weighted by molar-refractivity contribution is -0.135. The molecular weight excluding hydrogens is 801 g/mol. The van der Waals surface area contributed by atoms with Crippen molar-refractivity contribution >= 4 is 58.7 Å². The van der Waals surface area contributed by atoms with Crippen LogP contribution in [-0.2, 0) is 19.1 Å². The molecule has 8 aliphatic rings. The van der Waals surface area contributed by atoms with E-state index in [4.69, 9.17) is 19.4 Å². The summed E-state index contributed by atoms with van der Waals surface area (Å²) in [4.78, 5) is 72.7. The average molecular weight is 861 g/mol. The van der Waals surface area contributed by atoms with Crippen molar-refractivity contribution in [1.29, 1.82) is 0 Å². The lowest BCUT2D eigenvalue weighted by Crippen LogP contribution is -2.48. The molecule has 4 amide bonds. The van der Waals surface area contributed by atoms with Gasteiger partial charge in [0.2, 0.25) is 11.8 Å². The smallest absolute Gasteiger partial charge is 0.407 e. The zero-order valence-electron chi connectivity index (χ0n) is 35.3. The summed E-state index contributed by atoms with van der Waals surface area (Å²) < 4.78 is 9.67. The zero-order chi connectivity index (χ0) is 42.2. The first-order valence-electron chi connectivity index (χ1n) is 21.4. The number of nitrogens with zero attached hydrogens (tertiary/aromatic N) is 4. The Balaban J connectivity index is 1.06. The molecule has 0 spiro atoms. The van der Waals surface area contributed by atoms with Crippen LogP contribution in [-0.4, -0.2) is 117 Å². The van der Waals surface area contributed by atoms with Gasteiger partial charge in [-0.2, -0.15) is 23.5 Å². The number of likely N-dealkylation sites (tertiary alicyclic amines) is 2. The highest BCUT2D eigenvalue weighted by molar-refractivity contribution is 7.98. The summed E-state index contributed by atoms with van der Waals surface area (Å²) >= 11 is 3.28. The van der Waals surface area contributed by atoms with Gasteiger partial charge < -0.3 is 39.9 Å². The Bertz CT molecular complexity index is 2010. The summed E-state index contributed by atoms with van der Waals surface area (Å²) in [5.41, 5.74) is 7.25. The van der Waals surface area contributed by atoms with Crippen molar-refractivity contribution in [3.8, 4) is 0 Å². The van der Waals surface area contributed by atoms with E-state index >= 15 is 0 Å². The SMILES string of the molecule is COC(=O)N[C@@H](CCSC)C(=O)N1CCC[C@H]1c1ncc(C2=CC3=CC[C@@H]2CC[C@@H]2C=CC(=C(c4cnc([C@@H]5CCCN5C(=O)[C@H](CCSC)NC(=O)OC)[nH]4)C2)CC3)[nH]1. The second-order valence-corrected chi connectivity index (χ2v) is 18.4. The largest absolute Gasteiger partial charge is 0.453 e. The maximum Gasteiger partial charge on any atom is 0.407 e. The summed E-state index contributed by atoms with van der Waals surface area (Å²) in [6.07, 6.45) is 26.4. The number of hydrogen-bond donors (Lipinski definition) is 4. The molecule has 324 valence electrons. The minimum atomic E-state index is -0.648. The lowest BCUT2D eigenvalue weighted by Gasteiger charge is -2.29. The van der Waals surface area contributed by atoms with E-state index in [1.165, 1.54) is 36.5 Å². The van der Waals surface area contributed by atoms with Crippen molar-refractivity contribution in [3.63, 3.8) is 0 Å². The van der Waals surface area contributed by atoms with Gasteiger partial charge in [0.15, 0.2) is 0 Å². The van der Waals surface area contributed by atoms with Crippen LogP contribution >= 0.6 is 23.5 Å². The summed E-state index contributed by atoms with van der Waals surface area (Å²) in [7, 11) is 2.63. The number of carbonyl (C=O) groups excluding carboxylic acids is 4. The minimum absolute atomic E-state index is 0.0941. The quantitative estimate of drug-likeness (QED) is 0.150. The van der Waals surface area contributed by atoms with E-state index in [1.54, 1.807) is 23.5 Å². The predicted molar refractivity (Wildman–Crippen MR) is 236 cm³/mol. The van der Waals surface area contributed by atoms with Gasteiger partial charge in [-0.15, -0.1) is 0 Å². The Morgan fingerprint density at radius 1 is 0.817 bits per heavy atom. The molecule has 2 aromatic heterocycles. The molecule has 4 bridgehead atoms. The molecule has 14 nitrogen and oxygen atoms in total. The fourth-order valence-electron chi connectivity index (χ4n) is 9.50. The van der Waals surface area contributed by atoms with E-state index in [-0.39, 0.29) is 23.9 Å². The van der Waals surface area contributed by atoms with Crippen LogP contribution in [0.3, 0.4) is 0 Å². The van der Waals surface area contributed by atoms with E-state index in [1.807, 2.05) is 34.7 Å². The molecule has 0 aromatic carbocycles. The molecule has 2 aromatic rings. The monoisotopic (exact) mass is 860 g/mol. The van der Waals surface area contributed by atoms with Gasteiger partial charge in [0.25, 0.3) is 0 Å². The van der Waals surface area contributed by atoms with Gasteiger partial charge in [0.1, 0.15) is 23.7 Å². The number of aromatic amines is 2. The van der Waals surface area contributed by atoms with Crippen LogP contribution in [0.1, 0.15) is 112 Å². The van der Waals surface area contributed by atoms with Crippen LogP contribution in [0.15, 0.2) is 47.8 Å². The third-order valence-corrected chi connectivity index (χ3v) is 14.0. The molecule has 16 heteroatoms. The highest BCUT2D eigenvalue weighted by Gasteiger charge is 2.38. The normalized spacial score (nSPS) is 23.7. The van der Waals surface area contributed by atoms with Crippen molar-refractivity contribution in [1.82, 2.24) is 40.4 Å². The molecule has 10 rings (SSSR count). The van der Waals surface area contributed by atoms with Crippen LogP contribution in [0.2, 0.25) is 0 Å². The Hall–Kier alpha value is -4.44. The van der Waals surface area contributed by atoms with Crippen molar-refractivity contribution in [3.05, 3.63) is 70.9 Å². The second kappa shape index (κ2) is 20.4. The van der Waals surface area contributed by atoms with E-state index in [9.17, 15) is 19.2 Å². The Morgan fingerprint density at radius 2 is 1.40 bits per heavy atom. The number of carbonyl (C=O) groups is 4. The van der Waals surface area contributed by atoms with E-state index in [0.29, 0.717) is 37.8 Å². The number of ether oxygens (including phenoxy) is 2. The van der Waals surface area contributed by atoms with E-state index in [2.05, 4.69) is 44.9 Å². The predicted octanol–water partition coefficient (Wildman–Crippen LogP) is 7.35. The van der Waals surface area contributed by atoms with Crippen molar-refractivity contribution in [2.45, 2.75) is 101 Å². The topological polar surface area (TPSA) is 175 Å². The molecule has 6 aliphatic carbocycles. The first-order chi connectivity index (χ1) is 29.2. The van der Waals surface area contributed by atoms with Crippen LogP contribution in [0.5, 0.6) is 0 Å². The van der Waals surface area contributed by atoms with Crippen molar-refractivity contribution in [2.24, 2.45) is 11.8 Å². The van der Waals surface area contributed by atoms with Gasteiger partial charge in [-0.3, -0.25) is 9.59 Å². The number of methoxy groups -OCH3 is 2. The molecule has 6 atom stereocenters. The third kappa shape index (κ3) is 10.0. The zero-order valence-corrected chi connectivity index (χ0v) is 36.9. The number of allylic oxidation sites excluding steroid dienone is 8. The van der Waals surface area contributed by atoms with Crippen molar-refractivity contribution in [2.75, 3.05) is 51.3 Å². The Labute approximate surface area is 361 Å². The average Bonchev–Trinajstić information content (AvgIpc) is 4.11. The minimum Gasteiger partial charge on any atom is -0.453 e. The molecule has 60 heavy (non-hydrogen) atoms. The highest BCUT2D eigenvalue weighted by Crippen LogP contribution is 2.43. The Kier molecular flexibility index (Phi) is 14.8. The molecule has 4 heterocycles. The Morgan fingerprint density at radius 3 is 1.98 bits per heavy atom. The van der Waals surface area contributed by atoms with Crippen LogP contribution in [0.25, 0.3) is 11.1 Å². The van der Waals surface area contributed by atoms with Gasteiger partial charge in [0.05, 0.1) is 50.1 Å². The molecule has 2 fully saturated rings. The summed E-state index contributed by atoms with van der Waals surface area (Å²) in [5, 5.41) is 5.52. The number of imidazole rings is 2. The fourth-order valence-corrected chi connectivity index (χ4v) is 10.4. The van der Waals surface area contributed by atoms with Crippen LogP contribution < -0.4 is 10.6 Å². The summed E-state index contributed by atoms with van der Waals surface area (Å²) in [6.45, 7) is 1.24. The molecule has 0 radical (unpaired) electrons. The number of amides is 4. The number of rotatable bonds is 14. The number of alkyl carbamates (subject to hydrolysis) is 2. The van der Waals surface area contributed by atoms with Gasteiger partial charge in [0, 0.05) is 13.1 Å². The van der Waals surface area contributed by atoms with Gasteiger partial charge in [-0.25, -0.2) is 19.6 Å². The number of H-pyrrole nitrogens is 2. The highest BCUT2D eigenvalue weighted by atomic mass is 32.2.